The van der Waals surface area contributed by atoms with Crippen molar-refractivity contribution in [3.8, 4) is 11.5 Å². The predicted octanol–water partition coefficient (Wildman–Crippen LogP) is 2.25. The quantitative estimate of drug-likeness (QED) is 0.747. The van der Waals surface area contributed by atoms with Crippen LogP contribution in [0.4, 0.5) is 0 Å². The number of carbonyl (C=O) groups is 1. The second kappa shape index (κ2) is 8.89. The molecule has 1 aromatic rings. The molecule has 3 N–H and O–H groups in total. The average Bonchev–Trinajstić information content (AvgIpc) is 2.47. The molecule has 1 amide bonds. The van der Waals surface area contributed by atoms with Crippen LogP contribution >= 0.6 is 15.9 Å². The van der Waals surface area contributed by atoms with Gasteiger partial charge in [0.2, 0.25) is 0 Å². The van der Waals surface area contributed by atoms with E-state index < -0.39 is 6.10 Å². The first kappa shape index (κ1) is 17.8. The van der Waals surface area contributed by atoms with Crippen LogP contribution < -0.4 is 20.5 Å². The Morgan fingerprint density at radius 3 is 2.76 bits per heavy atom. The van der Waals surface area contributed by atoms with Crippen LogP contribution in [0.2, 0.25) is 0 Å². The molecule has 0 bridgehead atoms. The summed E-state index contributed by atoms with van der Waals surface area (Å²) in [4.78, 5) is 11.9. The number of amides is 1. The Morgan fingerprint density at radius 1 is 1.48 bits per heavy atom. The molecule has 21 heavy (non-hydrogen) atoms. The first-order valence-electron chi connectivity index (χ1n) is 7.04. The van der Waals surface area contributed by atoms with Crippen molar-refractivity contribution in [2.24, 2.45) is 5.73 Å². The average molecular weight is 359 g/mol. The van der Waals surface area contributed by atoms with Crippen molar-refractivity contribution in [2.45, 2.75) is 32.8 Å². The molecule has 1 rings (SSSR count). The summed E-state index contributed by atoms with van der Waals surface area (Å²) in [6, 6.07) is 3.81. The van der Waals surface area contributed by atoms with Gasteiger partial charge in [0.25, 0.3) is 5.91 Å². The molecule has 0 saturated heterocycles. The fourth-order valence-corrected chi connectivity index (χ4v) is 2.40. The van der Waals surface area contributed by atoms with Crippen molar-refractivity contribution >= 4 is 21.8 Å². The Labute approximate surface area is 134 Å². The number of carbonyl (C=O) groups excluding carboxylic acids is 1. The van der Waals surface area contributed by atoms with Crippen LogP contribution in [0, 0.1) is 0 Å². The number of hydrogen-bond donors (Lipinski definition) is 2. The van der Waals surface area contributed by atoms with Gasteiger partial charge >= 0.3 is 0 Å². The lowest BCUT2D eigenvalue weighted by molar-refractivity contribution is -0.127. The van der Waals surface area contributed by atoms with Gasteiger partial charge in [0.05, 0.1) is 11.6 Å². The molecule has 1 unspecified atom stereocenters. The summed E-state index contributed by atoms with van der Waals surface area (Å²) in [7, 11) is 1.57. The van der Waals surface area contributed by atoms with E-state index in [4.69, 9.17) is 15.2 Å². The normalized spacial score (nSPS) is 11.9. The van der Waals surface area contributed by atoms with Crippen molar-refractivity contribution in [3.63, 3.8) is 0 Å². The molecule has 6 heteroatoms. The second-order valence-electron chi connectivity index (χ2n) is 4.70. The fraction of sp³-hybridized carbons (Fsp3) is 0.533. The Kier molecular flexibility index (Phi) is 7.53. The molecule has 0 aliphatic rings. The van der Waals surface area contributed by atoms with E-state index in [9.17, 15) is 4.79 Å². The van der Waals surface area contributed by atoms with E-state index in [0.717, 1.165) is 22.9 Å². The van der Waals surface area contributed by atoms with Crippen molar-refractivity contribution in [2.75, 3.05) is 20.2 Å². The van der Waals surface area contributed by atoms with Crippen LogP contribution in [0.25, 0.3) is 0 Å². The summed E-state index contributed by atoms with van der Waals surface area (Å²) in [5.41, 5.74) is 6.62. The van der Waals surface area contributed by atoms with Gasteiger partial charge in [-0.1, -0.05) is 6.92 Å². The molecule has 118 valence electrons. The second-order valence-corrected chi connectivity index (χ2v) is 5.55. The molecule has 0 aliphatic heterocycles. The highest BCUT2D eigenvalue weighted by molar-refractivity contribution is 9.10. The summed E-state index contributed by atoms with van der Waals surface area (Å²) in [5, 5.41) is 2.80. The SMILES string of the molecule is CCCNC(=O)C(C)Oc1c(Br)cc(CCN)cc1OC. The minimum absolute atomic E-state index is 0.142. The fourth-order valence-electron chi connectivity index (χ4n) is 1.82. The highest BCUT2D eigenvalue weighted by Gasteiger charge is 2.19. The molecule has 0 spiro atoms. The van der Waals surface area contributed by atoms with Gasteiger partial charge in [0, 0.05) is 6.54 Å². The maximum Gasteiger partial charge on any atom is 0.260 e. The predicted molar refractivity (Wildman–Crippen MR) is 86.8 cm³/mol. The van der Waals surface area contributed by atoms with Gasteiger partial charge in [-0.15, -0.1) is 0 Å². The summed E-state index contributed by atoms with van der Waals surface area (Å²) in [6.07, 6.45) is 1.04. The molecule has 5 nitrogen and oxygen atoms in total. The van der Waals surface area contributed by atoms with E-state index in [-0.39, 0.29) is 5.91 Å². The van der Waals surface area contributed by atoms with Gasteiger partial charge in [-0.25, -0.2) is 0 Å². The summed E-state index contributed by atoms with van der Waals surface area (Å²) in [5.74, 6) is 0.970. The third-order valence-corrected chi connectivity index (χ3v) is 3.52. The minimum Gasteiger partial charge on any atom is -0.493 e. The Balaban J connectivity index is 2.89. The zero-order valence-corrected chi connectivity index (χ0v) is 14.3. The van der Waals surface area contributed by atoms with E-state index in [1.807, 2.05) is 19.1 Å². The van der Waals surface area contributed by atoms with Gasteiger partial charge in [-0.05, 0) is 59.9 Å². The summed E-state index contributed by atoms with van der Waals surface area (Å²) in [6.45, 7) is 4.91. The molecule has 0 aliphatic carbocycles. The van der Waals surface area contributed by atoms with Gasteiger partial charge < -0.3 is 20.5 Å². The van der Waals surface area contributed by atoms with Crippen LogP contribution in [0.15, 0.2) is 16.6 Å². The maximum atomic E-state index is 11.9. The first-order valence-corrected chi connectivity index (χ1v) is 7.83. The zero-order chi connectivity index (χ0) is 15.8. The van der Waals surface area contributed by atoms with Crippen LogP contribution in [0.1, 0.15) is 25.8 Å². The lowest BCUT2D eigenvalue weighted by Gasteiger charge is -2.18. The number of ether oxygens (including phenoxy) is 2. The molecule has 0 radical (unpaired) electrons. The highest BCUT2D eigenvalue weighted by atomic mass is 79.9. The number of rotatable bonds is 8. The lowest BCUT2D eigenvalue weighted by atomic mass is 10.1. The van der Waals surface area contributed by atoms with Crippen LogP contribution in [-0.4, -0.2) is 32.2 Å². The minimum atomic E-state index is -0.595. The zero-order valence-electron chi connectivity index (χ0n) is 12.7. The number of benzene rings is 1. The Morgan fingerprint density at radius 2 is 2.19 bits per heavy atom. The van der Waals surface area contributed by atoms with E-state index in [1.165, 1.54) is 0 Å². The highest BCUT2D eigenvalue weighted by Crippen LogP contribution is 2.37. The Bertz CT molecular complexity index is 480. The van der Waals surface area contributed by atoms with Crippen LogP contribution in [-0.2, 0) is 11.2 Å². The number of halogens is 1. The van der Waals surface area contributed by atoms with Gasteiger partial charge in [0.1, 0.15) is 0 Å². The van der Waals surface area contributed by atoms with E-state index in [2.05, 4.69) is 21.2 Å². The van der Waals surface area contributed by atoms with Gasteiger partial charge in [-0.2, -0.15) is 0 Å². The molecular weight excluding hydrogens is 336 g/mol. The molecule has 0 fully saturated rings. The molecule has 1 atom stereocenters. The molecule has 1 aromatic carbocycles. The van der Waals surface area contributed by atoms with E-state index in [1.54, 1.807) is 14.0 Å². The Hall–Kier alpha value is -1.27. The maximum absolute atomic E-state index is 11.9. The third-order valence-electron chi connectivity index (χ3n) is 2.94. The summed E-state index contributed by atoms with van der Waals surface area (Å²) < 4.78 is 11.8. The third kappa shape index (κ3) is 5.21. The monoisotopic (exact) mass is 358 g/mol. The van der Waals surface area contributed by atoms with Crippen molar-refractivity contribution in [1.29, 1.82) is 0 Å². The lowest BCUT2D eigenvalue weighted by Crippen LogP contribution is -2.36. The molecule has 0 saturated carbocycles. The number of nitrogens with two attached hydrogens (primary N) is 1. The number of methoxy groups -OCH3 is 1. The molecular formula is C15H23BrN2O3. The van der Waals surface area contributed by atoms with Gasteiger partial charge in [0.15, 0.2) is 17.6 Å². The van der Waals surface area contributed by atoms with E-state index in [0.29, 0.717) is 24.6 Å². The molecule has 0 heterocycles. The van der Waals surface area contributed by atoms with Gasteiger partial charge in [-0.3, -0.25) is 4.79 Å². The van der Waals surface area contributed by atoms with Crippen LogP contribution in [0.3, 0.4) is 0 Å². The molecule has 0 aromatic heterocycles. The van der Waals surface area contributed by atoms with Crippen molar-refractivity contribution in [1.82, 2.24) is 5.32 Å². The summed E-state index contributed by atoms with van der Waals surface area (Å²) >= 11 is 3.46. The number of nitrogens with one attached hydrogen (secondary N) is 1. The van der Waals surface area contributed by atoms with Crippen molar-refractivity contribution < 1.29 is 14.3 Å². The van der Waals surface area contributed by atoms with Crippen LogP contribution in [0.5, 0.6) is 11.5 Å². The first-order chi connectivity index (χ1) is 10.0. The smallest absolute Gasteiger partial charge is 0.260 e. The standard InChI is InChI=1S/C15H23BrN2O3/c1-4-7-18-15(19)10(2)21-14-12(16)8-11(5-6-17)9-13(14)20-3/h8-10H,4-7,17H2,1-3H3,(H,18,19). The van der Waals surface area contributed by atoms with Crippen molar-refractivity contribution in [3.05, 3.63) is 22.2 Å². The largest absolute Gasteiger partial charge is 0.493 e. The number of hydrogen-bond acceptors (Lipinski definition) is 4. The topological polar surface area (TPSA) is 73.6 Å². The van der Waals surface area contributed by atoms with E-state index >= 15 is 0 Å².